The zero-order chi connectivity index (χ0) is 15.0. The van der Waals surface area contributed by atoms with Gasteiger partial charge in [-0.3, -0.25) is 5.32 Å². The topological polar surface area (TPSA) is 24.1 Å². The summed E-state index contributed by atoms with van der Waals surface area (Å²) >= 11 is 0. The number of nitrogens with one attached hydrogen (secondary N) is 2. The molecule has 2 rings (SSSR count). The van der Waals surface area contributed by atoms with Crippen molar-refractivity contribution in [3.8, 4) is 0 Å². The lowest BCUT2D eigenvalue weighted by molar-refractivity contribution is 0.0346. The summed E-state index contributed by atoms with van der Waals surface area (Å²) in [6, 6.07) is 0. The lowest BCUT2D eigenvalue weighted by Crippen LogP contribution is -2.59. The Balaban J connectivity index is 2.62. The van der Waals surface area contributed by atoms with Crippen LogP contribution in [-0.2, 0) is 0 Å². The van der Waals surface area contributed by atoms with E-state index in [1.165, 1.54) is 17.7 Å². The van der Waals surface area contributed by atoms with Gasteiger partial charge in [-0.15, -0.1) is 0 Å². The van der Waals surface area contributed by atoms with Gasteiger partial charge in [-0.05, 0) is 35.9 Å². The maximum Gasteiger partial charge on any atom is 0.0873 e. The summed E-state index contributed by atoms with van der Waals surface area (Å²) in [6.45, 7) is 18.2. The molecular formula is C18H28N2. The molecule has 2 N–H and O–H groups in total. The van der Waals surface area contributed by atoms with Gasteiger partial charge in [0.05, 0.1) is 6.17 Å². The van der Waals surface area contributed by atoms with Gasteiger partial charge in [0.15, 0.2) is 0 Å². The highest BCUT2D eigenvalue weighted by Gasteiger charge is 2.57. The predicted octanol–water partition coefficient (Wildman–Crippen LogP) is 3.76. The molecule has 0 aromatic carbocycles. The summed E-state index contributed by atoms with van der Waals surface area (Å²) in [4.78, 5) is 0. The quantitative estimate of drug-likeness (QED) is 0.800. The monoisotopic (exact) mass is 272 g/mol. The van der Waals surface area contributed by atoms with Gasteiger partial charge in [-0.2, -0.15) is 0 Å². The van der Waals surface area contributed by atoms with Crippen molar-refractivity contribution in [2.75, 3.05) is 6.54 Å². The Morgan fingerprint density at radius 2 is 1.85 bits per heavy atom. The zero-order valence-electron chi connectivity index (χ0n) is 13.3. The summed E-state index contributed by atoms with van der Waals surface area (Å²) in [5.41, 5.74) is 2.80. The number of rotatable bonds is 2. The lowest BCUT2D eigenvalue weighted by atomic mass is 9.57. The molecule has 2 saturated heterocycles. The first-order chi connectivity index (χ1) is 9.36. The van der Waals surface area contributed by atoms with E-state index in [2.05, 4.69) is 63.6 Å². The van der Waals surface area contributed by atoms with E-state index < -0.39 is 0 Å². The SMILES string of the molecule is C=CC=C1/C(=C\C=C)NC2NCC(C)CC12C(C)(C)C. The lowest BCUT2D eigenvalue weighted by Gasteiger charge is -2.51. The van der Waals surface area contributed by atoms with Crippen LogP contribution in [0.15, 0.2) is 48.7 Å². The van der Waals surface area contributed by atoms with E-state index in [1.807, 2.05) is 12.2 Å². The molecule has 0 radical (unpaired) electrons. The Bertz CT molecular complexity index is 464. The van der Waals surface area contributed by atoms with Gasteiger partial charge >= 0.3 is 0 Å². The molecule has 0 aliphatic carbocycles. The van der Waals surface area contributed by atoms with Gasteiger partial charge < -0.3 is 5.32 Å². The average molecular weight is 272 g/mol. The molecule has 2 aliphatic rings. The summed E-state index contributed by atoms with van der Waals surface area (Å²) in [6.07, 6.45) is 9.49. The number of allylic oxidation sites excluding steroid dienone is 5. The van der Waals surface area contributed by atoms with E-state index in [0.29, 0.717) is 5.92 Å². The van der Waals surface area contributed by atoms with Crippen molar-refractivity contribution in [2.24, 2.45) is 16.7 Å². The molecule has 110 valence electrons. The predicted molar refractivity (Wildman–Crippen MR) is 87.2 cm³/mol. The average Bonchev–Trinajstić information content (AvgIpc) is 2.65. The fourth-order valence-corrected chi connectivity index (χ4v) is 3.90. The first-order valence-corrected chi connectivity index (χ1v) is 7.53. The van der Waals surface area contributed by atoms with Crippen LogP contribution in [0.3, 0.4) is 0 Å². The molecule has 2 fully saturated rings. The first kappa shape index (κ1) is 15.1. The minimum absolute atomic E-state index is 0.0910. The number of fused-ring (bicyclic) bond motifs is 1. The van der Waals surface area contributed by atoms with Crippen molar-refractivity contribution in [3.63, 3.8) is 0 Å². The fraction of sp³-hybridized carbons (Fsp3) is 0.556. The molecule has 3 unspecified atom stereocenters. The molecule has 0 aromatic rings. The summed E-state index contributed by atoms with van der Waals surface area (Å²) in [5.74, 6) is 0.670. The highest BCUT2D eigenvalue weighted by molar-refractivity contribution is 5.47. The molecule has 3 atom stereocenters. The smallest absolute Gasteiger partial charge is 0.0873 e. The van der Waals surface area contributed by atoms with Gasteiger partial charge in [0, 0.05) is 11.1 Å². The van der Waals surface area contributed by atoms with E-state index in [9.17, 15) is 0 Å². The third kappa shape index (κ3) is 2.16. The largest absolute Gasteiger partial charge is 0.369 e. The van der Waals surface area contributed by atoms with Gasteiger partial charge in [0.2, 0.25) is 0 Å². The van der Waals surface area contributed by atoms with E-state index in [1.54, 1.807) is 0 Å². The minimum atomic E-state index is 0.0910. The maximum atomic E-state index is 3.91. The van der Waals surface area contributed by atoms with Crippen LogP contribution in [0.4, 0.5) is 0 Å². The molecule has 0 bridgehead atoms. The second-order valence-electron chi connectivity index (χ2n) is 7.15. The molecule has 0 aromatic heterocycles. The van der Waals surface area contributed by atoms with Crippen molar-refractivity contribution >= 4 is 0 Å². The van der Waals surface area contributed by atoms with Crippen LogP contribution < -0.4 is 10.6 Å². The number of hydrogen-bond donors (Lipinski definition) is 2. The molecule has 2 heterocycles. The number of piperidine rings is 1. The first-order valence-electron chi connectivity index (χ1n) is 7.53. The van der Waals surface area contributed by atoms with Crippen LogP contribution in [0.5, 0.6) is 0 Å². The van der Waals surface area contributed by atoms with Gasteiger partial charge in [0.25, 0.3) is 0 Å². The Hall–Kier alpha value is -1.28. The van der Waals surface area contributed by atoms with E-state index in [4.69, 9.17) is 0 Å². The Morgan fingerprint density at radius 1 is 1.20 bits per heavy atom. The second-order valence-corrected chi connectivity index (χ2v) is 7.15. The van der Waals surface area contributed by atoms with Crippen LogP contribution in [0, 0.1) is 16.7 Å². The molecule has 2 aliphatic heterocycles. The molecule has 20 heavy (non-hydrogen) atoms. The minimum Gasteiger partial charge on any atom is -0.369 e. The zero-order valence-corrected chi connectivity index (χ0v) is 13.3. The normalized spacial score (nSPS) is 37.6. The van der Waals surface area contributed by atoms with Gasteiger partial charge in [-0.1, -0.05) is 59.1 Å². The Labute approximate surface area is 123 Å². The molecule has 0 amide bonds. The third-order valence-electron chi connectivity index (χ3n) is 4.81. The second kappa shape index (κ2) is 5.25. The van der Waals surface area contributed by atoms with E-state index >= 15 is 0 Å². The molecule has 2 heteroatoms. The van der Waals surface area contributed by atoms with Crippen LogP contribution in [0.1, 0.15) is 34.1 Å². The van der Waals surface area contributed by atoms with Crippen molar-refractivity contribution < 1.29 is 0 Å². The van der Waals surface area contributed by atoms with Crippen molar-refractivity contribution in [3.05, 3.63) is 48.7 Å². The van der Waals surface area contributed by atoms with Crippen LogP contribution >= 0.6 is 0 Å². The van der Waals surface area contributed by atoms with Gasteiger partial charge in [0.1, 0.15) is 0 Å². The molecule has 2 nitrogen and oxygen atoms in total. The summed E-state index contributed by atoms with van der Waals surface area (Å²) in [7, 11) is 0. The third-order valence-corrected chi connectivity index (χ3v) is 4.81. The van der Waals surface area contributed by atoms with Crippen molar-refractivity contribution in [1.29, 1.82) is 0 Å². The maximum absolute atomic E-state index is 3.91. The van der Waals surface area contributed by atoms with E-state index in [0.717, 1.165) is 6.54 Å². The van der Waals surface area contributed by atoms with Crippen LogP contribution in [0.2, 0.25) is 0 Å². The Kier molecular flexibility index (Phi) is 3.97. The van der Waals surface area contributed by atoms with Crippen LogP contribution in [0.25, 0.3) is 0 Å². The highest BCUT2D eigenvalue weighted by Crippen LogP contribution is 2.57. The molecule has 0 spiro atoms. The van der Waals surface area contributed by atoms with Crippen molar-refractivity contribution in [1.82, 2.24) is 10.6 Å². The summed E-state index contributed by atoms with van der Waals surface area (Å²) in [5, 5.41) is 7.35. The molecular weight excluding hydrogens is 244 g/mol. The number of hydrogen-bond acceptors (Lipinski definition) is 2. The van der Waals surface area contributed by atoms with Crippen molar-refractivity contribution in [2.45, 2.75) is 40.3 Å². The standard InChI is InChI=1S/C18H28N2/c1-7-9-14-15(10-8-2)20-16-18(14,17(4,5)6)11-13(3)12-19-16/h7-10,13,16,19-20H,1-2,11-12H2,3-6H3/b14-9?,15-10+. The summed E-state index contributed by atoms with van der Waals surface area (Å²) < 4.78 is 0. The highest BCUT2D eigenvalue weighted by atomic mass is 15.2. The molecule has 0 saturated carbocycles. The van der Waals surface area contributed by atoms with Gasteiger partial charge in [-0.25, -0.2) is 0 Å². The van der Waals surface area contributed by atoms with Crippen LogP contribution in [-0.4, -0.2) is 12.7 Å². The van der Waals surface area contributed by atoms with E-state index in [-0.39, 0.29) is 17.0 Å². The fourth-order valence-electron chi connectivity index (χ4n) is 3.90. The Morgan fingerprint density at radius 3 is 2.40 bits per heavy atom.